The second-order valence-electron chi connectivity index (χ2n) is 5.73. The van der Waals surface area contributed by atoms with E-state index in [4.69, 9.17) is 0 Å². The summed E-state index contributed by atoms with van der Waals surface area (Å²) in [6.45, 7) is 0. The Hall–Kier alpha value is -3.59. The third-order valence-corrected chi connectivity index (χ3v) is 4.15. The van der Waals surface area contributed by atoms with Crippen molar-refractivity contribution in [3.8, 4) is 28.8 Å². The molecule has 0 saturated carbocycles. The molecule has 0 bridgehead atoms. The van der Waals surface area contributed by atoms with E-state index in [1.165, 1.54) is 12.1 Å². The van der Waals surface area contributed by atoms with Gasteiger partial charge in [-0.25, -0.2) is 4.39 Å². The third-order valence-electron chi connectivity index (χ3n) is 4.15. The van der Waals surface area contributed by atoms with E-state index in [-0.39, 0.29) is 0 Å². The van der Waals surface area contributed by atoms with Crippen LogP contribution in [-0.2, 0) is 7.05 Å². The topological polar surface area (TPSA) is 66.8 Å². The number of fused-ring (bicyclic) bond motifs is 1. The molecule has 4 rings (SSSR count). The first kappa shape index (κ1) is 15.0. The quantitative estimate of drug-likeness (QED) is 0.608. The van der Waals surface area contributed by atoms with Gasteiger partial charge >= 0.3 is 0 Å². The lowest BCUT2D eigenvalue weighted by Gasteiger charge is -2.11. The number of aromatic hydroxyl groups is 1. The van der Waals surface area contributed by atoms with Gasteiger partial charge in [-0.3, -0.25) is 4.68 Å². The summed E-state index contributed by atoms with van der Waals surface area (Å²) >= 11 is 0. The predicted molar refractivity (Wildman–Crippen MR) is 91.8 cm³/mol. The highest BCUT2D eigenvalue weighted by Gasteiger charge is 2.21. The van der Waals surface area contributed by atoms with Gasteiger partial charge in [0.15, 0.2) is 11.6 Å². The Balaban J connectivity index is 2.15. The number of phenolic OH excluding ortho intramolecular Hbond substituents is 1. The van der Waals surface area contributed by atoms with Crippen LogP contribution < -0.4 is 0 Å². The SMILES string of the molecule is Cn1cc(-c2c(C#N)c3ccccc3n2-c2ccc(O)c(F)c2)cn1. The minimum absolute atomic E-state index is 0.413. The number of para-hydroxylation sites is 1. The summed E-state index contributed by atoms with van der Waals surface area (Å²) in [5, 5.41) is 24.2. The fourth-order valence-electron chi connectivity index (χ4n) is 3.07. The summed E-state index contributed by atoms with van der Waals surface area (Å²) < 4.78 is 17.4. The number of aryl methyl sites for hydroxylation is 1. The van der Waals surface area contributed by atoms with E-state index in [1.807, 2.05) is 35.0 Å². The van der Waals surface area contributed by atoms with Crippen molar-refractivity contribution in [2.45, 2.75) is 0 Å². The van der Waals surface area contributed by atoms with Crippen molar-refractivity contribution in [3.05, 3.63) is 66.2 Å². The zero-order valence-corrected chi connectivity index (χ0v) is 13.3. The highest BCUT2D eigenvalue weighted by atomic mass is 19.1. The number of nitriles is 1. The number of benzene rings is 2. The first-order valence-electron chi connectivity index (χ1n) is 7.61. The molecule has 6 heteroatoms. The molecule has 0 saturated heterocycles. The van der Waals surface area contributed by atoms with Gasteiger partial charge in [0.25, 0.3) is 0 Å². The van der Waals surface area contributed by atoms with Crippen LogP contribution >= 0.6 is 0 Å². The van der Waals surface area contributed by atoms with Crippen molar-refractivity contribution in [3.63, 3.8) is 0 Å². The van der Waals surface area contributed by atoms with Crippen LogP contribution in [0.25, 0.3) is 27.8 Å². The maximum atomic E-state index is 13.9. The molecule has 0 atom stereocenters. The molecule has 0 aliphatic rings. The standard InChI is InChI=1S/C19H13FN4O/c1-23-11-12(10-22-23)19-15(9-21)14-4-2-3-5-17(14)24(19)13-6-7-18(25)16(20)8-13/h2-8,10-11,25H,1H3. The van der Waals surface area contributed by atoms with Crippen LogP contribution in [0.2, 0.25) is 0 Å². The van der Waals surface area contributed by atoms with Crippen LogP contribution in [0, 0.1) is 17.1 Å². The average Bonchev–Trinajstić information content (AvgIpc) is 3.18. The minimum Gasteiger partial charge on any atom is -0.505 e. The van der Waals surface area contributed by atoms with Gasteiger partial charge in [0.1, 0.15) is 6.07 Å². The molecule has 2 heterocycles. The number of rotatable bonds is 2. The summed E-state index contributed by atoms with van der Waals surface area (Å²) in [5.74, 6) is -1.13. The van der Waals surface area contributed by atoms with Gasteiger partial charge in [0, 0.05) is 35.9 Å². The van der Waals surface area contributed by atoms with E-state index < -0.39 is 11.6 Å². The average molecular weight is 332 g/mol. The van der Waals surface area contributed by atoms with Gasteiger partial charge in [0.2, 0.25) is 0 Å². The predicted octanol–water partition coefficient (Wildman–Crippen LogP) is 3.75. The molecule has 0 fully saturated rings. The number of aromatic nitrogens is 3. The molecule has 0 spiro atoms. The van der Waals surface area contributed by atoms with Crippen LogP contribution in [0.5, 0.6) is 5.75 Å². The molecular weight excluding hydrogens is 319 g/mol. The van der Waals surface area contributed by atoms with Crippen molar-refractivity contribution in [1.29, 1.82) is 5.26 Å². The lowest BCUT2D eigenvalue weighted by molar-refractivity contribution is 0.432. The fraction of sp³-hybridized carbons (Fsp3) is 0.0526. The Morgan fingerprint density at radius 2 is 2.00 bits per heavy atom. The largest absolute Gasteiger partial charge is 0.505 e. The fourth-order valence-corrected chi connectivity index (χ4v) is 3.07. The second-order valence-corrected chi connectivity index (χ2v) is 5.73. The van der Waals surface area contributed by atoms with Gasteiger partial charge in [-0.1, -0.05) is 18.2 Å². The van der Waals surface area contributed by atoms with Gasteiger partial charge in [-0.2, -0.15) is 10.4 Å². The molecule has 0 amide bonds. The zero-order chi connectivity index (χ0) is 17.6. The Kier molecular flexibility index (Phi) is 3.29. The Labute approximate surface area is 142 Å². The van der Waals surface area contributed by atoms with Crippen LogP contribution in [-0.4, -0.2) is 19.5 Å². The number of phenols is 1. The molecule has 0 radical (unpaired) electrons. The van der Waals surface area contributed by atoms with E-state index >= 15 is 0 Å². The van der Waals surface area contributed by atoms with Gasteiger partial charge < -0.3 is 9.67 Å². The molecule has 1 N–H and O–H groups in total. The van der Waals surface area contributed by atoms with Crippen LogP contribution in [0.4, 0.5) is 4.39 Å². The second kappa shape index (κ2) is 5.49. The number of nitrogens with zero attached hydrogens (tertiary/aromatic N) is 4. The minimum atomic E-state index is -0.717. The lowest BCUT2D eigenvalue weighted by Crippen LogP contribution is -1.98. The summed E-state index contributed by atoms with van der Waals surface area (Å²) in [5.41, 5.74) is 3.19. The van der Waals surface area contributed by atoms with E-state index in [0.29, 0.717) is 16.9 Å². The van der Waals surface area contributed by atoms with Gasteiger partial charge in [0.05, 0.1) is 23.0 Å². The van der Waals surface area contributed by atoms with E-state index in [2.05, 4.69) is 11.2 Å². The van der Waals surface area contributed by atoms with E-state index in [1.54, 1.807) is 24.0 Å². The van der Waals surface area contributed by atoms with Crippen LogP contribution in [0.15, 0.2) is 54.9 Å². The number of hydrogen-bond acceptors (Lipinski definition) is 3. The first-order valence-corrected chi connectivity index (χ1v) is 7.61. The molecule has 0 aliphatic carbocycles. The van der Waals surface area contributed by atoms with Gasteiger partial charge in [-0.15, -0.1) is 0 Å². The highest BCUT2D eigenvalue weighted by Crippen LogP contribution is 2.36. The molecule has 122 valence electrons. The smallest absolute Gasteiger partial charge is 0.166 e. The third kappa shape index (κ3) is 2.25. The van der Waals surface area contributed by atoms with Crippen molar-refractivity contribution < 1.29 is 9.50 Å². The monoisotopic (exact) mass is 332 g/mol. The number of halogens is 1. The molecule has 2 aromatic carbocycles. The van der Waals surface area contributed by atoms with Crippen molar-refractivity contribution in [1.82, 2.24) is 14.3 Å². The van der Waals surface area contributed by atoms with E-state index in [9.17, 15) is 14.8 Å². The Morgan fingerprint density at radius 1 is 1.20 bits per heavy atom. The molecule has 2 aromatic heterocycles. The maximum Gasteiger partial charge on any atom is 0.166 e. The lowest BCUT2D eigenvalue weighted by atomic mass is 10.1. The van der Waals surface area contributed by atoms with E-state index in [0.717, 1.165) is 16.5 Å². The maximum absolute atomic E-state index is 13.9. The summed E-state index contributed by atoms with van der Waals surface area (Å²) in [6, 6.07) is 13.9. The van der Waals surface area contributed by atoms with Gasteiger partial charge in [-0.05, 0) is 18.2 Å². The summed E-state index contributed by atoms with van der Waals surface area (Å²) in [7, 11) is 1.79. The summed E-state index contributed by atoms with van der Waals surface area (Å²) in [6.07, 6.45) is 3.48. The van der Waals surface area contributed by atoms with Crippen molar-refractivity contribution >= 4 is 10.9 Å². The normalized spacial score (nSPS) is 10.9. The van der Waals surface area contributed by atoms with Crippen LogP contribution in [0.3, 0.4) is 0 Å². The first-order chi connectivity index (χ1) is 12.1. The molecule has 4 aromatic rings. The molecule has 0 aliphatic heterocycles. The number of hydrogen-bond donors (Lipinski definition) is 1. The van der Waals surface area contributed by atoms with Crippen molar-refractivity contribution in [2.75, 3.05) is 0 Å². The molecule has 0 unspecified atom stereocenters. The molecule has 5 nitrogen and oxygen atoms in total. The van der Waals surface area contributed by atoms with Crippen LogP contribution in [0.1, 0.15) is 5.56 Å². The Morgan fingerprint density at radius 3 is 2.68 bits per heavy atom. The molecule has 25 heavy (non-hydrogen) atoms. The Bertz CT molecular complexity index is 1150. The highest BCUT2D eigenvalue weighted by molar-refractivity contribution is 5.96. The summed E-state index contributed by atoms with van der Waals surface area (Å²) in [4.78, 5) is 0. The molecular formula is C19H13FN4O. The van der Waals surface area contributed by atoms with Crippen molar-refractivity contribution in [2.24, 2.45) is 7.05 Å². The zero-order valence-electron chi connectivity index (χ0n) is 13.3.